The van der Waals surface area contributed by atoms with Crippen molar-refractivity contribution < 1.29 is 0 Å². The molecule has 1 fully saturated rings. The summed E-state index contributed by atoms with van der Waals surface area (Å²) < 4.78 is 0. The Labute approximate surface area is 127 Å². The number of rotatable bonds is 5. The van der Waals surface area contributed by atoms with Gasteiger partial charge in [-0.1, -0.05) is 71.6 Å². The number of hydrogen-bond donors (Lipinski definition) is 2. The van der Waals surface area contributed by atoms with E-state index in [0.29, 0.717) is 18.0 Å². The summed E-state index contributed by atoms with van der Waals surface area (Å²) in [7, 11) is 0. The molecule has 1 aliphatic rings. The summed E-state index contributed by atoms with van der Waals surface area (Å²) in [5.74, 6) is 0.711. The van der Waals surface area contributed by atoms with Crippen LogP contribution in [0.25, 0.3) is 0 Å². The molecule has 0 amide bonds. The normalized spacial score (nSPS) is 22.2. The smallest absolute Gasteiger partial charge is 0.0167 e. The van der Waals surface area contributed by atoms with Crippen LogP contribution in [0.4, 0.5) is 0 Å². The second-order valence-electron chi connectivity index (χ2n) is 7.25. The highest BCUT2D eigenvalue weighted by atomic mass is 14.9. The monoisotopic (exact) mass is 282 g/mol. The molecule has 0 radical (unpaired) electrons. The molecule has 0 aromatic rings. The predicted octanol–water partition coefficient (Wildman–Crippen LogP) is 4.62. The topological polar surface area (TPSA) is 38.0 Å². The molecule has 1 saturated carbocycles. The van der Waals surface area contributed by atoms with Crippen LogP contribution in [-0.2, 0) is 0 Å². The van der Waals surface area contributed by atoms with Gasteiger partial charge in [0.1, 0.15) is 0 Å². The maximum atomic E-state index is 6.20. The quantitative estimate of drug-likeness (QED) is 0.772. The van der Waals surface area contributed by atoms with E-state index >= 15 is 0 Å². The van der Waals surface area contributed by atoms with Gasteiger partial charge in [-0.2, -0.15) is 0 Å². The molecule has 2 nitrogen and oxygen atoms in total. The van der Waals surface area contributed by atoms with Crippen LogP contribution in [0.3, 0.4) is 0 Å². The molecule has 0 spiro atoms. The molecule has 3 N–H and O–H groups in total. The highest BCUT2D eigenvalue weighted by Gasteiger charge is 2.11. The minimum absolute atomic E-state index is 0.330. The van der Waals surface area contributed by atoms with Crippen LogP contribution < -0.4 is 11.1 Å². The van der Waals surface area contributed by atoms with Crippen molar-refractivity contribution >= 4 is 0 Å². The van der Waals surface area contributed by atoms with E-state index in [1.54, 1.807) is 0 Å². The molecular formula is C18H38N2. The Balaban J connectivity index is 2.24. The van der Waals surface area contributed by atoms with Crippen molar-refractivity contribution in [3.05, 3.63) is 0 Å². The lowest BCUT2D eigenvalue weighted by Crippen LogP contribution is -2.40. The number of nitrogens with one attached hydrogen (secondary N) is 1. The molecule has 120 valence electrons. The van der Waals surface area contributed by atoms with Crippen molar-refractivity contribution in [3.63, 3.8) is 0 Å². The summed E-state index contributed by atoms with van der Waals surface area (Å²) in [5.41, 5.74) is 6.20. The van der Waals surface area contributed by atoms with Gasteiger partial charge >= 0.3 is 0 Å². The molecular weight excluding hydrogens is 244 g/mol. The Morgan fingerprint density at radius 1 is 0.850 bits per heavy atom. The average Bonchev–Trinajstić information content (AvgIpc) is 2.37. The Hall–Kier alpha value is -0.0800. The first-order valence-corrected chi connectivity index (χ1v) is 9.17. The maximum absolute atomic E-state index is 6.20. The summed E-state index contributed by atoms with van der Waals surface area (Å²) in [4.78, 5) is 0. The SMILES string of the molecule is CC(C)CC(N)CNC1CCCCCCCCCCC1. The lowest BCUT2D eigenvalue weighted by molar-refractivity contribution is 0.378. The minimum Gasteiger partial charge on any atom is -0.327 e. The first-order chi connectivity index (χ1) is 9.68. The third-order valence-corrected chi connectivity index (χ3v) is 4.55. The molecule has 0 bridgehead atoms. The first-order valence-electron chi connectivity index (χ1n) is 9.17. The Morgan fingerprint density at radius 2 is 1.30 bits per heavy atom. The lowest BCUT2D eigenvalue weighted by Gasteiger charge is -2.22. The van der Waals surface area contributed by atoms with Gasteiger partial charge < -0.3 is 11.1 Å². The fourth-order valence-corrected chi connectivity index (χ4v) is 3.37. The van der Waals surface area contributed by atoms with Crippen molar-refractivity contribution in [3.8, 4) is 0 Å². The summed E-state index contributed by atoms with van der Waals surface area (Å²) >= 11 is 0. The van der Waals surface area contributed by atoms with Gasteiger partial charge in [-0.05, 0) is 25.2 Å². The van der Waals surface area contributed by atoms with Crippen molar-refractivity contribution in [2.45, 2.75) is 103 Å². The zero-order chi connectivity index (χ0) is 14.6. The molecule has 0 aromatic carbocycles. The fraction of sp³-hybridized carbons (Fsp3) is 1.00. The van der Waals surface area contributed by atoms with Crippen molar-refractivity contribution in [1.29, 1.82) is 0 Å². The lowest BCUT2D eigenvalue weighted by atomic mass is 9.97. The third-order valence-electron chi connectivity index (χ3n) is 4.55. The summed E-state index contributed by atoms with van der Waals surface area (Å²) in [6, 6.07) is 1.05. The molecule has 20 heavy (non-hydrogen) atoms. The Morgan fingerprint density at radius 3 is 1.75 bits per heavy atom. The highest BCUT2D eigenvalue weighted by Crippen LogP contribution is 2.17. The molecule has 2 heteroatoms. The molecule has 0 heterocycles. The second-order valence-corrected chi connectivity index (χ2v) is 7.25. The van der Waals surface area contributed by atoms with Crippen molar-refractivity contribution in [2.75, 3.05) is 6.54 Å². The van der Waals surface area contributed by atoms with Crippen molar-refractivity contribution in [2.24, 2.45) is 11.7 Å². The van der Waals surface area contributed by atoms with Crippen LogP contribution in [0.1, 0.15) is 90.9 Å². The van der Waals surface area contributed by atoms with Gasteiger partial charge in [0.05, 0.1) is 0 Å². The van der Waals surface area contributed by atoms with Gasteiger partial charge in [-0.15, -0.1) is 0 Å². The van der Waals surface area contributed by atoms with Crippen LogP contribution in [0, 0.1) is 5.92 Å². The Bertz CT molecular complexity index is 203. The van der Waals surface area contributed by atoms with Crippen LogP contribution >= 0.6 is 0 Å². The summed E-state index contributed by atoms with van der Waals surface area (Å²) in [6.07, 6.45) is 16.8. The van der Waals surface area contributed by atoms with Gasteiger partial charge in [-0.25, -0.2) is 0 Å². The Kier molecular flexibility index (Phi) is 10.4. The third kappa shape index (κ3) is 9.77. The highest BCUT2D eigenvalue weighted by molar-refractivity contribution is 4.73. The van der Waals surface area contributed by atoms with E-state index in [9.17, 15) is 0 Å². The van der Waals surface area contributed by atoms with Crippen LogP contribution in [0.2, 0.25) is 0 Å². The van der Waals surface area contributed by atoms with Gasteiger partial charge in [-0.3, -0.25) is 0 Å². The van der Waals surface area contributed by atoms with E-state index in [2.05, 4.69) is 19.2 Å². The molecule has 1 atom stereocenters. The molecule has 1 aliphatic carbocycles. The van der Waals surface area contributed by atoms with E-state index in [1.807, 2.05) is 0 Å². The minimum atomic E-state index is 0.330. The first kappa shape index (κ1) is 18.0. The van der Waals surface area contributed by atoms with E-state index in [1.165, 1.54) is 70.6 Å². The van der Waals surface area contributed by atoms with Gasteiger partial charge in [0.25, 0.3) is 0 Å². The van der Waals surface area contributed by atoms with Crippen LogP contribution in [0.5, 0.6) is 0 Å². The van der Waals surface area contributed by atoms with Gasteiger partial charge in [0.2, 0.25) is 0 Å². The van der Waals surface area contributed by atoms with E-state index < -0.39 is 0 Å². The maximum Gasteiger partial charge on any atom is 0.0167 e. The van der Waals surface area contributed by atoms with Crippen LogP contribution in [0.15, 0.2) is 0 Å². The molecule has 0 aliphatic heterocycles. The number of nitrogens with two attached hydrogens (primary N) is 1. The zero-order valence-electron chi connectivity index (χ0n) is 14.0. The second kappa shape index (κ2) is 11.6. The summed E-state index contributed by atoms with van der Waals surface area (Å²) in [5, 5.41) is 3.75. The van der Waals surface area contributed by atoms with Gasteiger partial charge in [0, 0.05) is 18.6 Å². The zero-order valence-corrected chi connectivity index (χ0v) is 14.0. The average molecular weight is 283 g/mol. The largest absolute Gasteiger partial charge is 0.327 e. The van der Waals surface area contributed by atoms with E-state index in [0.717, 1.165) is 13.0 Å². The molecule has 0 aromatic heterocycles. The number of hydrogen-bond acceptors (Lipinski definition) is 2. The predicted molar refractivity (Wildman–Crippen MR) is 90.0 cm³/mol. The van der Waals surface area contributed by atoms with E-state index in [4.69, 9.17) is 5.73 Å². The molecule has 0 saturated heterocycles. The van der Waals surface area contributed by atoms with E-state index in [-0.39, 0.29) is 0 Å². The summed E-state index contributed by atoms with van der Waals surface area (Å²) in [6.45, 7) is 5.52. The molecule has 1 rings (SSSR count). The van der Waals surface area contributed by atoms with Crippen LogP contribution in [-0.4, -0.2) is 18.6 Å². The van der Waals surface area contributed by atoms with Crippen molar-refractivity contribution in [1.82, 2.24) is 5.32 Å². The molecule has 1 unspecified atom stereocenters. The fourth-order valence-electron chi connectivity index (χ4n) is 3.37. The standard InChI is InChI=1S/C18H38N2/c1-16(2)14-17(19)15-20-18-12-10-8-6-4-3-5-7-9-11-13-18/h16-18,20H,3-15,19H2,1-2H3. The van der Waals surface area contributed by atoms with Gasteiger partial charge in [0.15, 0.2) is 0 Å².